The summed E-state index contributed by atoms with van der Waals surface area (Å²) in [5.41, 5.74) is 0. The van der Waals surface area contributed by atoms with Gasteiger partial charge in [-0.05, 0) is 69.6 Å². The van der Waals surface area contributed by atoms with Gasteiger partial charge < -0.3 is 89.7 Å². The molecule has 6 rings (SSSR count). The van der Waals surface area contributed by atoms with Crippen LogP contribution in [0.5, 0.6) is 0 Å². The maximum absolute atomic E-state index is 12.5. The monoisotopic (exact) mass is 794 g/mol. The van der Waals surface area contributed by atoms with Gasteiger partial charge in [0.2, 0.25) is 0 Å². The van der Waals surface area contributed by atoms with Gasteiger partial charge in [0.1, 0.15) is 55.4 Å². The van der Waals surface area contributed by atoms with Crippen molar-refractivity contribution in [3.63, 3.8) is 0 Å². The molecule has 12 N–H and O–H groups in total. The molecule has 6 fully saturated rings. The highest BCUT2D eigenvalue weighted by atomic mass is 16.8. The van der Waals surface area contributed by atoms with Crippen LogP contribution < -0.4 is 0 Å². The van der Waals surface area contributed by atoms with Crippen LogP contribution in [-0.4, -0.2) is 197 Å². The van der Waals surface area contributed by atoms with E-state index in [4.69, 9.17) is 28.4 Å². The summed E-state index contributed by atoms with van der Waals surface area (Å²) in [6.07, 6.45) is -19.6. The highest BCUT2D eigenvalue weighted by Gasteiger charge is 2.54. The summed E-state index contributed by atoms with van der Waals surface area (Å²) in [5.74, 6) is -1.86. The molecule has 0 aromatic heterocycles. The predicted molar refractivity (Wildman–Crippen MR) is 181 cm³/mol. The first-order valence-electron chi connectivity index (χ1n) is 19.4. The summed E-state index contributed by atoms with van der Waals surface area (Å²) >= 11 is 0. The lowest BCUT2D eigenvalue weighted by Crippen LogP contribution is -2.65. The Kier molecular flexibility index (Phi) is 14.6. The highest BCUT2D eigenvalue weighted by molar-refractivity contribution is 5.81. The molecule has 0 amide bonds. The molecule has 3 heterocycles. The number of aliphatic hydroxyl groups is 12. The first-order chi connectivity index (χ1) is 26.1. The van der Waals surface area contributed by atoms with Crippen molar-refractivity contribution in [2.75, 3.05) is 13.2 Å². The van der Waals surface area contributed by atoms with E-state index in [1.807, 2.05) is 0 Å². The number of allylic oxidation sites excluding steroid dienone is 1. The van der Waals surface area contributed by atoms with Crippen LogP contribution in [-0.2, 0) is 33.2 Å². The zero-order valence-electron chi connectivity index (χ0n) is 30.4. The zero-order valence-corrected chi connectivity index (χ0v) is 30.4. The van der Waals surface area contributed by atoms with Crippen molar-refractivity contribution < 1.29 is 94.5 Å². The summed E-state index contributed by atoms with van der Waals surface area (Å²) in [6.45, 7) is -1.36. The SMILES string of the molecule is O=C(C=CC1CCC(O)C(O)C1)OC[C@H]1O[C@@H](O[C@H]2[C@H](OC3CC4C(O)CC(O)CC4OC3C3CCC(O)C(O)C3)O[C@H](CO)[C@@H](O)[C@@H]2O)[C@H](O)[C@@H](O)[C@@H]1O. The lowest BCUT2D eigenvalue weighted by Gasteiger charge is -2.51. The maximum Gasteiger partial charge on any atom is 0.330 e. The van der Waals surface area contributed by atoms with Crippen molar-refractivity contribution in [2.24, 2.45) is 17.8 Å². The van der Waals surface area contributed by atoms with Crippen molar-refractivity contribution in [1.29, 1.82) is 0 Å². The number of esters is 1. The molecule has 0 aromatic carbocycles. The summed E-state index contributed by atoms with van der Waals surface area (Å²) < 4.78 is 35.7. The Hall–Kier alpha value is -1.47. The van der Waals surface area contributed by atoms with Gasteiger partial charge in [0.15, 0.2) is 12.6 Å². The number of ether oxygens (including phenoxy) is 6. The van der Waals surface area contributed by atoms with Gasteiger partial charge in [0, 0.05) is 12.0 Å². The van der Waals surface area contributed by atoms with Crippen molar-refractivity contribution in [2.45, 2.75) is 174 Å². The smallest absolute Gasteiger partial charge is 0.330 e. The standard InChI is InChI=1S/C36H58O19/c37-12-25-28(45)31(48)34(55-35-32(49)30(47)29(46)26(54-35)13-50-27(44)6-2-14-1-4-18(39)21(42)7-14)36(53-25)52-24-11-17-20(41)9-16(38)10-23(17)51-33(24)15-3-5-19(40)22(43)8-15/h2,6,14-26,28-43,45-49H,1,3-5,7-13H2/t14?,15?,16?,17?,18?,19?,20?,21?,22?,23?,24?,25-,26-,28-,29-,30+,31+,32-,33?,34-,35+,36-/m1/s1. The Morgan fingerprint density at radius 2 is 1.29 bits per heavy atom. The van der Waals surface area contributed by atoms with E-state index >= 15 is 0 Å². The second-order valence-corrected chi connectivity index (χ2v) is 16.1. The minimum Gasteiger partial charge on any atom is -0.460 e. The van der Waals surface area contributed by atoms with Crippen LogP contribution in [0.15, 0.2) is 12.2 Å². The molecule has 3 saturated carbocycles. The van der Waals surface area contributed by atoms with Gasteiger partial charge in [0.05, 0.1) is 61.5 Å². The van der Waals surface area contributed by atoms with E-state index < -0.39 is 141 Å². The average Bonchev–Trinajstić information content (AvgIpc) is 3.15. The van der Waals surface area contributed by atoms with E-state index in [1.54, 1.807) is 0 Å². The highest BCUT2D eigenvalue weighted by Crippen LogP contribution is 2.44. The summed E-state index contributed by atoms with van der Waals surface area (Å²) in [7, 11) is 0. The Morgan fingerprint density at radius 1 is 0.618 bits per heavy atom. The molecule has 3 saturated heterocycles. The van der Waals surface area contributed by atoms with Crippen LogP contribution in [0.1, 0.15) is 57.8 Å². The van der Waals surface area contributed by atoms with E-state index in [9.17, 15) is 66.1 Å². The second-order valence-electron chi connectivity index (χ2n) is 16.1. The Morgan fingerprint density at radius 3 is 1.98 bits per heavy atom. The zero-order chi connectivity index (χ0) is 39.7. The summed E-state index contributed by atoms with van der Waals surface area (Å²) in [5, 5.41) is 126. The van der Waals surface area contributed by atoms with Gasteiger partial charge in [-0.1, -0.05) is 6.08 Å². The number of aliphatic hydroxyl groups excluding tert-OH is 12. The third-order valence-corrected chi connectivity index (χ3v) is 12.3. The van der Waals surface area contributed by atoms with Crippen molar-refractivity contribution in [3.8, 4) is 0 Å². The fourth-order valence-corrected chi connectivity index (χ4v) is 8.97. The van der Waals surface area contributed by atoms with Crippen LogP contribution in [0.3, 0.4) is 0 Å². The summed E-state index contributed by atoms with van der Waals surface area (Å²) in [6, 6.07) is 0. The Balaban J connectivity index is 1.16. The van der Waals surface area contributed by atoms with Crippen LogP contribution in [0, 0.1) is 17.8 Å². The van der Waals surface area contributed by atoms with Crippen molar-refractivity contribution in [3.05, 3.63) is 12.2 Å². The van der Waals surface area contributed by atoms with Gasteiger partial charge in [-0.2, -0.15) is 0 Å². The van der Waals surface area contributed by atoms with E-state index in [2.05, 4.69) is 0 Å². The topological polar surface area (TPSA) is 315 Å². The van der Waals surface area contributed by atoms with E-state index in [0.717, 1.165) is 6.08 Å². The average molecular weight is 795 g/mol. The molecular formula is C36H58O19. The number of hydrogen-bond acceptors (Lipinski definition) is 19. The van der Waals surface area contributed by atoms with Gasteiger partial charge in [-0.3, -0.25) is 0 Å². The molecule has 3 aliphatic heterocycles. The predicted octanol–water partition coefficient (Wildman–Crippen LogP) is -4.56. The van der Waals surface area contributed by atoms with Gasteiger partial charge in [-0.15, -0.1) is 0 Å². The minimum absolute atomic E-state index is 0.104. The first-order valence-corrected chi connectivity index (χ1v) is 19.4. The minimum atomic E-state index is -1.93. The summed E-state index contributed by atoms with van der Waals surface area (Å²) in [4.78, 5) is 12.5. The molecule has 3 aliphatic carbocycles. The van der Waals surface area contributed by atoms with E-state index in [1.165, 1.54) is 6.08 Å². The fraction of sp³-hybridized carbons (Fsp3) is 0.917. The van der Waals surface area contributed by atoms with Crippen LogP contribution >= 0.6 is 0 Å². The Labute approximate surface area is 317 Å². The molecule has 316 valence electrons. The molecule has 0 radical (unpaired) electrons. The fourth-order valence-electron chi connectivity index (χ4n) is 8.97. The third kappa shape index (κ3) is 9.88. The van der Waals surface area contributed by atoms with Gasteiger partial charge >= 0.3 is 5.97 Å². The largest absolute Gasteiger partial charge is 0.460 e. The molecule has 6 aliphatic rings. The number of fused-ring (bicyclic) bond motifs is 1. The van der Waals surface area contributed by atoms with Crippen LogP contribution in [0.2, 0.25) is 0 Å². The number of rotatable bonds is 10. The maximum atomic E-state index is 12.5. The van der Waals surface area contributed by atoms with E-state index in [-0.39, 0.29) is 50.4 Å². The molecule has 22 atom stereocenters. The number of carbonyl (C=O) groups excluding carboxylic acids is 1. The molecular weight excluding hydrogens is 736 g/mol. The third-order valence-electron chi connectivity index (χ3n) is 12.3. The second kappa shape index (κ2) is 18.6. The lowest BCUT2D eigenvalue weighted by atomic mass is 9.72. The quantitative estimate of drug-likeness (QED) is 0.0732. The van der Waals surface area contributed by atoms with Crippen molar-refractivity contribution in [1.82, 2.24) is 0 Å². The Bertz CT molecular complexity index is 1280. The molecule has 55 heavy (non-hydrogen) atoms. The molecule has 0 spiro atoms. The van der Waals surface area contributed by atoms with Gasteiger partial charge in [-0.25, -0.2) is 4.79 Å². The van der Waals surface area contributed by atoms with Crippen molar-refractivity contribution >= 4 is 5.97 Å². The van der Waals surface area contributed by atoms with Gasteiger partial charge in [0.25, 0.3) is 0 Å². The van der Waals surface area contributed by atoms with E-state index in [0.29, 0.717) is 19.3 Å². The molecule has 0 bridgehead atoms. The molecule has 12 unspecified atom stereocenters. The molecule has 0 aromatic rings. The van der Waals surface area contributed by atoms with Crippen LogP contribution in [0.25, 0.3) is 0 Å². The first kappa shape index (κ1) is 43.1. The lowest BCUT2D eigenvalue weighted by molar-refractivity contribution is -0.379. The molecule has 19 heteroatoms. The number of hydrogen-bond donors (Lipinski definition) is 12. The number of carbonyl (C=O) groups is 1. The normalized spacial score (nSPS) is 51.1. The molecule has 19 nitrogen and oxygen atoms in total. The van der Waals surface area contributed by atoms with Crippen LogP contribution in [0.4, 0.5) is 0 Å².